The predicted octanol–water partition coefficient (Wildman–Crippen LogP) is 4.64. The number of hydrogen-bond acceptors (Lipinski definition) is 4. The van der Waals surface area contributed by atoms with Gasteiger partial charge in [-0.25, -0.2) is 4.79 Å². The fourth-order valence-corrected chi connectivity index (χ4v) is 4.53. The monoisotopic (exact) mass is 457 g/mol. The Hall–Kier alpha value is -2.54. The first-order valence-corrected chi connectivity index (χ1v) is 10.7. The van der Waals surface area contributed by atoms with Crippen molar-refractivity contribution in [1.29, 1.82) is 0 Å². The number of amides is 2. The van der Waals surface area contributed by atoms with Crippen LogP contribution in [0.5, 0.6) is 0 Å². The summed E-state index contributed by atoms with van der Waals surface area (Å²) in [5.74, 6) is 0.0414. The Morgan fingerprint density at radius 3 is 2.55 bits per heavy atom. The summed E-state index contributed by atoms with van der Waals surface area (Å²) in [6, 6.07) is 15.7. The van der Waals surface area contributed by atoms with Gasteiger partial charge in [-0.1, -0.05) is 30.3 Å². The molecular formula is C22H24BrN3O3. The first-order chi connectivity index (χ1) is 14.1. The van der Waals surface area contributed by atoms with Crippen molar-refractivity contribution < 1.29 is 14.3 Å². The zero-order valence-corrected chi connectivity index (χ0v) is 17.9. The zero-order valence-electron chi connectivity index (χ0n) is 16.3. The Kier molecular flexibility index (Phi) is 5.76. The maximum Gasteiger partial charge on any atom is 0.409 e. The minimum atomic E-state index is -0.273. The summed E-state index contributed by atoms with van der Waals surface area (Å²) in [5.41, 5.74) is 2.67. The first-order valence-electron chi connectivity index (χ1n) is 9.94. The summed E-state index contributed by atoms with van der Waals surface area (Å²) in [5, 5.41) is 3.55. The van der Waals surface area contributed by atoms with Gasteiger partial charge < -0.3 is 19.9 Å². The Bertz CT molecular complexity index is 912. The second kappa shape index (κ2) is 8.45. The SMILES string of the molecule is CCOC(=O)N1CCC(N2C(=O)c3ccccc3[C@H]2Nc2ccccc2Br)CC1. The molecule has 0 aliphatic carbocycles. The van der Waals surface area contributed by atoms with E-state index in [0.29, 0.717) is 19.7 Å². The van der Waals surface area contributed by atoms with Crippen LogP contribution in [0, 0.1) is 0 Å². The number of anilines is 1. The number of piperidine rings is 1. The number of carbonyl (C=O) groups excluding carboxylic acids is 2. The Morgan fingerprint density at radius 2 is 1.83 bits per heavy atom. The van der Waals surface area contributed by atoms with Crippen LogP contribution in [0.3, 0.4) is 0 Å². The third kappa shape index (κ3) is 3.83. The Balaban J connectivity index is 1.57. The molecule has 6 nitrogen and oxygen atoms in total. The number of nitrogens with one attached hydrogen (secondary N) is 1. The van der Waals surface area contributed by atoms with Crippen LogP contribution in [0.15, 0.2) is 53.0 Å². The fraction of sp³-hybridized carbons (Fsp3) is 0.364. The molecule has 1 saturated heterocycles. The fourth-order valence-electron chi connectivity index (χ4n) is 4.13. The lowest BCUT2D eigenvalue weighted by molar-refractivity contribution is 0.0496. The van der Waals surface area contributed by atoms with Gasteiger partial charge in [0.2, 0.25) is 0 Å². The third-order valence-corrected chi connectivity index (χ3v) is 6.24. The average molecular weight is 458 g/mol. The van der Waals surface area contributed by atoms with E-state index in [1.54, 1.807) is 4.90 Å². The highest BCUT2D eigenvalue weighted by atomic mass is 79.9. The van der Waals surface area contributed by atoms with Crippen LogP contribution in [-0.4, -0.2) is 47.5 Å². The van der Waals surface area contributed by atoms with Gasteiger partial charge in [-0.3, -0.25) is 4.79 Å². The van der Waals surface area contributed by atoms with Gasteiger partial charge in [0.05, 0.1) is 12.3 Å². The van der Waals surface area contributed by atoms with Crippen molar-refractivity contribution in [1.82, 2.24) is 9.80 Å². The molecule has 1 fully saturated rings. The summed E-state index contributed by atoms with van der Waals surface area (Å²) in [6.07, 6.45) is 0.945. The van der Waals surface area contributed by atoms with Gasteiger partial charge in [0.25, 0.3) is 5.91 Å². The summed E-state index contributed by atoms with van der Waals surface area (Å²) in [4.78, 5) is 29.0. The Labute approximate surface area is 178 Å². The number of nitrogens with zero attached hydrogens (tertiary/aromatic N) is 2. The van der Waals surface area contributed by atoms with Gasteiger partial charge in [0.1, 0.15) is 6.17 Å². The van der Waals surface area contributed by atoms with E-state index < -0.39 is 0 Å². The molecule has 2 aromatic carbocycles. The van der Waals surface area contributed by atoms with Crippen molar-refractivity contribution >= 4 is 33.6 Å². The van der Waals surface area contributed by atoms with Crippen LogP contribution in [0.4, 0.5) is 10.5 Å². The number of hydrogen-bond donors (Lipinski definition) is 1. The van der Waals surface area contributed by atoms with Crippen LogP contribution in [0.2, 0.25) is 0 Å². The van der Waals surface area contributed by atoms with Crippen molar-refractivity contribution in [2.24, 2.45) is 0 Å². The largest absolute Gasteiger partial charge is 0.450 e. The maximum absolute atomic E-state index is 13.3. The van der Waals surface area contributed by atoms with E-state index in [9.17, 15) is 9.59 Å². The summed E-state index contributed by atoms with van der Waals surface area (Å²) in [6.45, 7) is 3.36. The first kappa shape index (κ1) is 19.8. The number of fused-ring (bicyclic) bond motifs is 1. The van der Waals surface area contributed by atoms with E-state index in [2.05, 4.69) is 21.2 Å². The smallest absolute Gasteiger partial charge is 0.409 e. The number of para-hydroxylation sites is 1. The molecule has 2 amide bonds. The van der Waals surface area contributed by atoms with Crippen molar-refractivity contribution in [3.05, 3.63) is 64.1 Å². The normalized spacial score (nSPS) is 19.2. The molecule has 0 saturated carbocycles. The Morgan fingerprint density at radius 1 is 1.14 bits per heavy atom. The van der Waals surface area contributed by atoms with Crippen molar-refractivity contribution in [2.75, 3.05) is 25.0 Å². The van der Waals surface area contributed by atoms with Crippen molar-refractivity contribution in [3.63, 3.8) is 0 Å². The van der Waals surface area contributed by atoms with Crippen LogP contribution >= 0.6 is 15.9 Å². The van der Waals surface area contributed by atoms with E-state index in [0.717, 1.165) is 34.1 Å². The number of halogens is 1. The molecule has 7 heteroatoms. The summed E-state index contributed by atoms with van der Waals surface area (Å²) < 4.78 is 6.07. The van der Waals surface area contributed by atoms with Gasteiger partial charge in [-0.2, -0.15) is 0 Å². The zero-order chi connectivity index (χ0) is 20.4. The molecule has 2 heterocycles. The molecule has 152 valence electrons. The predicted molar refractivity (Wildman–Crippen MR) is 115 cm³/mol. The lowest BCUT2D eigenvalue weighted by Crippen LogP contribution is -2.49. The maximum atomic E-state index is 13.3. The molecule has 0 radical (unpaired) electrons. The van der Waals surface area contributed by atoms with E-state index in [1.165, 1.54) is 0 Å². The summed E-state index contributed by atoms with van der Waals surface area (Å²) >= 11 is 3.59. The van der Waals surface area contributed by atoms with E-state index in [4.69, 9.17) is 4.74 Å². The number of likely N-dealkylation sites (tertiary alicyclic amines) is 1. The van der Waals surface area contributed by atoms with E-state index >= 15 is 0 Å². The lowest BCUT2D eigenvalue weighted by Gasteiger charge is -2.39. The van der Waals surface area contributed by atoms with E-state index in [1.807, 2.05) is 60.4 Å². The lowest BCUT2D eigenvalue weighted by atomic mass is 10.0. The van der Waals surface area contributed by atoms with Gasteiger partial charge in [-0.05, 0) is 53.9 Å². The highest BCUT2D eigenvalue weighted by Crippen LogP contribution is 2.39. The summed E-state index contributed by atoms with van der Waals surface area (Å²) in [7, 11) is 0. The molecular weight excluding hydrogens is 434 g/mol. The molecule has 1 N–H and O–H groups in total. The topological polar surface area (TPSA) is 61.9 Å². The molecule has 29 heavy (non-hydrogen) atoms. The molecule has 2 aliphatic heterocycles. The second-order valence-electron chi connectivity index (χ2n) is 7.24. The van der Waals surface area contributed by atoms with Gasteiger partial charge >= 0.3 is 6.09 Å². The average Bonchev–Trinajstić information content (AvgIpc) is 3.02. The highest BCUT2D eigenvalue weighted by molar-refractivity contribution is 9.10. The molecule has 4 rings (SSSR count). The number of ether oxygens (including phenoxy) is 1. The molecule has 0 spiro atoms. The van der Waals surface area contributed by atoms with Crippen LogP contribution in [0.25, 0.3) is 0 Å². The minimum Gasteiger partial charge on any atom is -0.450 e. The van der Waals surface area contributed by atoms with Gasteiger partial charge in [0.15, 0.2) is 0 Å². The molecule has 0 unspecified atom stereocenters. The molecule has 1 atom stereocenters. The van der Waals surface area contributed by atoms with Crippen molar-refractivity contribution in [3.8, 4) is 0 Å². The second-order valence-corrected chi connectivity index (χ2v) is 8.10. The standard InChI is InChI=1S/C22H24BrN3O3/c1-2-29-22(28)25-13-11-15(12-14-25)26-20(24-19-10-6-5-9-18(19)23)16-7-3-4-8-17(16)21(26)27/h3-10,15,20,24H,2,11-14H2,1H3/t20-/m0/s1. The van der Waals surface area contributed by atoms with Gasteiger partial charge in [0, 0.05) is 34.7 Å². The van der Waals surface area contributed by atoms with Crippen LogP contribution in [-0.2, 0) is 4.74 Å². The minimum absolute atomic E-state index is 0.0414. The highest BCUT2D eigenvalue weighted by Gasteiger charge is 2.42. The van der Waals surface area contributed by atoms with Gasteiger partial charge in [-0.15, -0.1) is 0 Å². The van der Waals surface area contributed by atoms with E-state index in [-0.39, 0.29) is 24.2 Å². The number of benzene rings is 2. The molecule has 2 aliphatic rings. The van der Waals surface area contributed by atoms with Crippen molar-refractivity contribution in [2.45, 2.75) is 32.0 Å². The quantitative estimate of drug-likeness (QED) is 0.726. The molecule has 0 aromatic heterocycles. The molecule has 0 bridgehead atoms. The molecule has 2 aromatic rings. The van der Waals surface area contributed by atoms with Crippen LogP contribution < -0.4 is 5.32 Å². The van der Waals surface area contributed by atoms with Crippen LogP contribution in [0.1, 0.15) is 41.9 Å². The number of rotatable bonds is 4. The third-order valence-electron chi connectivity index (χ3n) is 5.55. The number of carbonyl (C=O) groups is 2.